The normalized spacial score (nSPS) is 21.4. The third-order valence-electron chi connectivity index (χ3n) is 6.74. The Bertz CT molecular complexity index is 998. The van der Waals surface area contributed by atoms with Gasteiger partial charge in [-0.25, -0.2) is 9.18 Å². The largest absolute Gasteiger partial charge is 0.487 e. The Balaban J connectivity index is 1.24. The molecule has 0 bridgehead atoms. The minimum atomic E-state index is -0.370. The van der Waals surface area contributed by atoms with Crippen LogP contribution in [0.2, 0.25) is 0 Å². The number of nitrogens with one attached hydrogen (secondary N) is 2. The molecule has 1 saturated carbocycles. The molecule has 2 heterocycles. The molecule has 1 spiro atoms. The standard InChI is InChI=1S/C25H28FN3O3/c26-18-5-7-20(8-6-18)28-24(31)29-13-11-25(12-14-29)16-17(15-23(30)27-19-9-10-19)21-3-1-2-4-22(21)32-25/h1-8,17,19H,9-16H2,(H,27,30)(H,28,31). The van der Waals surface area contributed by atoms with Crippen LogP contribution >= 0.6 is 0 Å². The van der Waals surface area contributed by atoms with Crippen molar-refractivity contribution < 1.29 is 18.7 Å². The zero-order valence-corrected chi connectivity index (χ0v) is 18.0. The van der Waals surface area contributed by atoms with Crippen LogP contribution in [0.5, 0.6) is 5.75 Å². The van der Waals surface area contributed by atoms with E-state index in [0.29, 0.717) is 44.1 Å². The van der Waals surface area contributed by atoms with Crippen molar-refractivity contribution in [1.82, 2.24) is 10.2 Å². The summed E-state index contributed by atoms with van der Waals surface area (Å²) >= 11 is 0. The van der Waals surface area contributed by atoms with Gasteiger partial charge in [-0.3, -0.25) is 4.79 Å². The summed E-state index contributed by atoms with van der Waals surface area (Å²) in [6, 6.07) is 13.9. The Hall–Kier alpha value is -3.09. The molecule has 1 atom stereocenters. The molecule has 0 aromatic heterocycles. The van der Waals surface area contributed by atoms with Gasteiger partial charge in [-0.2, -0.15) is 0 Å². The lowest BCUT2D eigenvalue weighted by Gasteiger charge is -2.46. The Kier molecular flexibility index (Phi) is 5.49. The van der Waals surface area contributed by atoms with Gasteiger partial charge in [0.15, 0.2) is 0 Å². The summed E-state index contributed by atoms with van der Waals surface area (Å²) in [5, 5.41) is 5.94. The Morgan fingerprint density at radius 1 is 1.06 bits per heavy atom. The first-order valence-corrected chi connectivity index (χ1v) is 11.4. The first-order valence-electron chi connectivity index (χ1n) is 11.4. The lowest BCUT2D eigenvalue weighted by Crippen LogP contribution is -2.52. The molecular formula is C25H28FN3O3. The van der Waals surface area contributed by atoms with Crippen LogP contribution in [0, 0.1) is 5.82 Å². The molecule has 2 aromatic carbocycles. The van der Waals surface area contributed by atoms with Crippen LogP contribution in [0.3, 0.4) is 0 Å². The predicted molar refractivity (Wildman–Crippen MR) is 119 cm³/mol. The van der Waals surface area contributed by atoms with Crippen LogP contribution in [-0.4, -0.2) is 41.6 Å². The Morgan fingerprint density at radius 3 is 2.50 bits per heavy atom. The SMILES string of the molecule is O=C(CC1CC2(CCN(C(=O)Nc3ccc(F)cc3)CC2)Oc2ccccc21)NC1CC1. The fourth-order valence-corrected chi connectivity index (χ4v) is 4.82. The summed E-state index contributed by atoms with van der Waals surface area (Å²) in [7, 11) is 0. The number of fused-ring (bicyclic) bond motifs is 1. The first kappa shape index (κ1) is 20.8. The van der Waals surface area contributed by atoms with E-state index in [9.17, 15) is 14.0 Å². The average Bonchev–Trinajstić information content (AvgIpc) is 3.59. The lowest BCUT2D eigenvalue weighted by atomic mass is 9.76. The number of halogens is 1. The van der Waals surface area contributed by atoms with Crippen LogP contribution in [0.4, 0.5) is 14.9 Å². The van der Waals surface area contributed by atoms with Crippen LogP contribution < -0.4 is 15.4 Å². The molecule has 1 aliphatic carbocycles. The number of rotatable bonds is 4. The molecule has 2 aliphatic heterocycles. The number of benzene rings is 2. The highest BCUT2D eigenvalue weighted by molar-refractivity contribution is 5.89. The molecule has 2 fully saturated rings. The van der Waals surface area contributed by atoms with Crippen molar-refractivity contribution >= 4 is 17.6 Å². The van der Waals surface area contributed by atoms with Gasteiger partial charge in [0, 0.05) is 50.0 Å². The van der Waals surface area contributed by atoms with Gasteiger partial charge in [0.2, 0.25) is 5.91 Å². The van der Waals surface area contributed by atoms with Gasteiger partial charge in [-0.05, 0) is 55.2 Å². The zero-order chi connectivity index (χ0) is 22.1. The maximum atomic E-state index is 13.1. The number of carbonyl (C=O) groups excluding carboxylic acids is 2. The molecule has 32 heavy (non-hydrogen) atoms. The third kappa shape index (κ3) is 4.56. The molecule has 3 aliphatic rings. The molecule has 7 heteroatoms. The van der Waals surface area contributed by atoms with Crippen molar-refractivity contribution in [3.63, 3.8) is 0 Å². The van der Waals surface area contributed by atoms with E-state index >= 15 is 0 Å². The number of nitrogens with zero attached hydrogens (tertiary/aromatic N) is 1. The van der Waals surface area contributed by atoms with Crippen molar-refractivity contribution in [1.29, 1.82) is 0 Å². The second kappa shape index (κ2) is 8.45. The van der Waals surface area contributed by atoms with Gasteiger partial charge in [0.1, 0.15) is 17.2 Å². The van der Waals surface area contributed by atoms with Crippen molar-refractivity contribution in [2.75, 3.05) is 18.4 Å². The molecule has 2 N–H and O–H groups in total. The average molecular weight is 438 g/mol. The quantitative estimate of drug-likeness (QED) is 0.744. The van der Waals surface area contributed by atoms with Gasteiger partial charge >= 0.3 is 6.03 Å². The number of anilines is 1. The fraction of sp³-hybridized carbons (Fsp3) is 0.440. The van der Waals surface area contributed by atoms with E-state index in [1.54, 1.807) is 17.0 Å². The number of urea groups is 1. The number of amides is 3. The smallest absolute Gasteiger partial charge is 0.321 e. The van der Waals surface area contributed by atoms with Gasteiger partial charge in [-0.15, -0.1) is 0 Å². The molecule has 2 aromatic rings. The van der Waals surface area contributed by atoms with E-state index in [2.05, 4.69) is 16.7 Å². The minimum absolute atomic E-state index is 0.110. The first-order chi connectivity index (χ1) is 15.5. The van der Waals surface area contributed by atoms with E-state index in [-0.39, 0.29) is 29.3 Å². The number of carbonyl (C=O) groups is 2. The number of para-hydroxylation sites is 1. The molecule has 1 saturated heterocycles. The number of likely N-dealkylation sites (tertiary alicyclic amines) is 1. The monoisotopic (exact) mass is 437 g/mol. The molecule has 168 valence electrons. The summed E-state index contributed by atoms with van der Waals surface area (Å²) in [4.78, 5) is 27.0. The van der Waals surface area contributed by atoms with Gasteiger partial charge in [-0.1, -0.05) is 18.2 Å². The van der Waals surface area contributed by atoms with Crippen LogP contribution in [0.25, 0.3) is 0 Å². The van der Waals surface area contributed by atoms with E-state index in [0.717, 1.165) is 30.6 Å². The molecule has 1 unspecified atom stereocenters. The summed E-state index contributed by atoms with van der Waals surface area (Å²) < 4.78 is 19.6. The second-order valence-electron chi connectivity index (χ2n) is 9.19. The zero-order valence-electron chi connectivity index (χ0n) is 18.0. The molecule has 5 rings (SSSR count). The fourth-order valence-electron chi connectivity index (χ4n) is 4.82. The van der Waals surface area contributed by atoms with Crippen molar-refractivity contribution in [2.24, 2.45) is 0 Å². The van der Waals surface area contributed by atoms with Crippen molar-refractivity contribution in [3.05, 3.63) is 59.9 Å². The molecule has 6 nitrogen and oxygen atoms in total. The number of ether oxygens (including phenoxy) is 1. The number of piperidine rings is 1. The Labute approximate surface area is 187 Å². The Morgan fingerprint density at radius 2 is 1.78 bits per heavy atom. The summed E-state index contributed by atoms with van der Waals surface area (Å²) in [5.41, 5.74) is 1.30. The number of hydrogen-bond donors (Lipinski definition) is 2. The summed E-state index contributed by atoms with van der Waals surface area (Å²) in [6.07, 6.45) is 4.81. The second-order valence-corrected chi connectivity index (χ2v) is 9.19. The minimum Gasteiger partial charge on any atom is -0.487 e. The van der Waals surface area contributed by atoms with Crippen molar-refractivity contribution in [3.8, 4) is 5.75 Å². The van der Waals surface area contributed by atoms with E-state index in [4.69, 9.17) is 4.74 Å². The maximum absolute atomic E-state index is 13.1. The van der Waals surface area contributed by atoms with Crippen molar-refractivity contribution in [2.45, 2.75) is 56.1 Å². The maximum Gasteiger partial charge on any atom is 0.321 e. The van der Waals surface area contributed by atoms with Crippen LogP contribution in [-0.2, 0) is 4.79 Å². The highest BCUT2D eigenvalue weighted by atomic mass is 19.1. The summed E-state index contributed by atoms with van der Waals surface area (Å²) in [6.45, 7) is 1.13. The highest BCUT2D eigenvalue weighted by Crippen LogP contribution is 2.46. The van der Waals surface area contributed by atoms with E-state index < -0.39 is 0 Å². The van der Waals surface area contributed by atoms with E-state index in [1.165, 1.54) is 12.1 Å². The molecule has 3 amide bonds. The third-order valence-corrected chi connectivity index (χ3v) is 6.74. The number of hydrogen-bond acceptors (Lipinski definition) is 3. The predicted octanol–water partition coefficient (Wildman–Crippen LogP) is 4.43. The van der Waals surface area contributed by atoms with Gasteiger partial charge < -0.3 is 20.3 Å². The lowest BCUT2D eigenvalue weighted by molar-refractivity contribution is -0.122. The molecular weight excluding hydrogens is 409 g/mol. The van der Waals surface area contributed by atoms with Gasteiger partial charge in [0.05, 0.1) is 0 Å². The van der Waals surface area contributed by atoms with Gasteiger partial charge in [0.25, 0.3) is 0 Å². The topological polar surface area (TPSA) is 70.7 Å². The summed E-state index contributed by atoms with van der Waals surface area (Å²) in [5.74, 6) is 0.740. The van der Waals surface area contributed by atoms with Crippen LogP contribution in [0.15, 0.2) is 48.5 Å². The molecule has 0 radical (unpaired) electrons. The van der Waals surface area contributed by atoms with Crippen LogP contribution in [0.1, 0.15) is 50.0 Å². The highest BCUT2D eigenvalue weighted by Gasteiger charge is 2.44. The van der Waals surface area contributed by atoms with E-state index in [1.807, 2.05) is 18.2 Å².